The number of ketones is 1. The molecule has 0 saturated carbocycles. The predicted molar refractivity (Wildman–Crippen MR) is 72.8 cm³/mol. The van der Waals surface area contributed by atoms with Gasteiger partial charge in [0.05, 0.1) is 0 Å². The van der Waals surface area contributed by atoms with E-state index in [0.717, 1.165) is 15.6 Å². The van der Waals surface area contributed by atoms with Gasteiger partial charge < -0.3 is 5.11 Å². The summed E-state index contributed by atoms with van der Waals surface area (Å²) in [5.41, 5.74) is 2.51. The number of Topliss-reactive ketones (excluding diaryl/α,β-unsaturated/α-hetero) is 1. The van der Waals surface area contributed by atoms with Gasteiger partial charge in [-0.2, -0.15) is 0 Å². The first-order chi connectivity index (χ1) is 8.68. The van der Waals surface area contributed by atoms with Crippen LogP contribution in [0.5, 0.6) is 0 Å². The summed E-state index contributed by atoms with van der Waals surface area (Å²) < 4.78 is 0.985. The van der Waals surface area contributed by atoms with E-state index in [0.29, 0.717) is 5.56 Å². The number of aliphatic hydroxyl groups excluding tert-OH is 1. The molecule has 0 aliphatic heterocycles. The van der Waals surface area contributed by atoms with E-state index in [4.69, 9.17) is 0 Å². The number of carbonyl (C=O) groups is 1. The topological polar surface area (TPSA) is 37.3 Å². The molecule has 0 saturated heterocycles. The summed E-state index contributed by atoms with van der Waals surface area (Å²) in [6, 6.07) is 15.1. The highest BCUT2D eigenvalue weighted by Crippen LogP contribution is 2.38. The maximum Gasteiger partial charge on any atom is 0.192 e. The van der Waals surface area contributed by atoms with Gasteiger partial charge in [-0.1, -0.05) is 52.3 Å². The zero-order valence-corrected chi connectivity index (χ0v) is 11.1. The maximum atomic E-state index is 12.0. The van der Waals surface area contributed by atoms with E-state index in [9.17, 15) is 9.90 Å². The van der Waals surface area contributed by atoms with Crippen molar-refractivity contribution in [3.63, 3.8) is 0 Å². The average molecular weight is 303 g/mol. The first-order valence-electron chi connectivity index (χ1n) is 5.75. The highest BCUT2D eigenvalue weighted by Gasteiger charge is 2.38. The summed E-state index contributed by atoms with van der Waals surface area (Å²) in [5, 5.41) is 10.1. The van der Waals surface area contributed by atoms with Crippen LogP contribution < -0.4 is 0 Å². The van der Waals surface area contributed by atoms with Crippen LogP contribution in [0.3, 0.4) is 0 Å². The number of halogens is 1. The molecule has 0 radical (unpaired) electrons. The molecule has 2 nitrogen and oxygen atoms in total. The second kappa shape index (κ2) is 4.34. The molecule has 90 valence electrons. The first kappa shape index (κ1) is 11.6. The molecule has 0 bridgehead atoms. The van der Waals surface area contributed by atoms with Crippen molar-refractivity contribution in [1.82, 2.24) is 0 Å². The zero-order valence-electron chi connectivity index (χ0n) is 9.51. The monoisotopic (exact) mass is 302 g/mol. The van der Waals surface area contributed by atoms with Gasteiger partial charge in [0.1, 0.15) is 6.10 Å². The minimum absolute atomic E-state index is 0.182. The lowest BCUT2D eigenvalue weighted by Gasteiger charge is -2.15. The van der Waals surface area contributed by atoms with Crippen molar-refractivity contribution in [1.29, 1.82) is 0 Å². The SMILES string of the molecule is O=C1c2ccccc2C(c2ccc(Br)cc2)C1O. The Bertz CT molecular complexity index is 604. The second-order valence-electron chi connectivity index (χ2n) is 4.43. The Hall–Kier alpha value is -1.45. The quantitative estimate of drug-likeness (QED) is 0.879. The van der Waals surface area contributed by atoms with Crippen LogP contribution in [0.1, 0.15) is 27.4 Å². The van der Waals surface area contributed by atoms with Gasteiger partial charge in [0.15, 0.2) is 5.78 Å². The van der Waals surface area contributed by atoms with E-state index in [2.05, 4.69) is 15.9 Å². The standard InChI is InChI=1S/C15H11BrO2/c16-10-7-5-9(6-8-10)13-11-3-1-2-4-12(11)14(17)15(13)18/h1-8,13,15,18H. The molecule has 3 heteroatoms. The number of rotatable bonds is 1. The molecule has 2 aromatic carbocycles. The summed E-state index contributed by atoms with van der Waals surface area (Å²) in [6.45, 7) is 0. The van der Waals surface area contributed by atoms with E-state index in [1.807, 2.05) is 42.5 Å². The van der Waals surface area contributed by atoms with Crippen LogP contribution in [0.4, 0.5) is 0 Å². The predicted octanol–water partition coefficient (Wildman–Crippen LogP) is 3.14. The van der Waals surface area contributed by atoms with Crippen molar-refractivity contribution in [2.24, 2.45) is 0 Å². The molecule has 0 heterocycles. The Kier molecular flexibility index (Phi) is 2.80. The molecule has 0 spiro atoms. The molecular formula is C15H11BrO2. The summed E-state index contributed by atoms with van der Waals surface area (Å²) >= 11 is 3.38. The van der Waals surface area contributed by atoms with Gasteiger partial charge in [-0.05, 0) is 23.3 Å². The molecule has 2 unspecified atom stereocenters. The van der Waals surface area contributed by atoms with Gasteiger partial charge in [-0.15, -0.1) is 0 Å². The van der Waals surface area contributed by atoms with Crippen LogP contribution in [-0.4, -0.2) is 17.0 Å². The fourth-order valence-corrected chi connectivity index (χ4v) is 2.77. The van der Waals surface area contributed by atoms with Crippen molar-refractivity contribution in [2.75, 3.05) is 0 Å². The van der Waals surface area contributed by atoms with Gasteiger partial charge in [-0.3, -0.25) is 4.79 Å². The fraction of sp³-hybridized carbons (Fsp3) is 0.133. The highest BCUT2D eigenvalue weighted by molar-refractivity contribution is 9.10. The van der Waals surface area contributed by atoms with Crippen LogP contribution in [0.25, 0.3) is 0 Å². The molecule has 18 heavy (non-hydrogen) atoms. The smallest absolute Gasteiger partial charge is 0.192 e. The van der Waals surface area contributed by atoms with Crippen molar-refractivity contribution < 1.29 is 9.90 Å². The maximum absolute atomic E-state index is 12.0. The van der Waals surface area contributed by atoms with Gasteiger partial charge >= 0.3 is 0 Å². The zero-order chi connectivity index (χ0) is 12.7. The molecule has 1 aliphatic rings. The van der Waals surface area contributed by atoms with E-state index in [-0.39, 0.29) is 11.7 Å². The summed E-state index contributed by atoms with van der Waals surface area (Å²) in [4.78, 5) is 12.0. The third-order valence-corrected chi connectivity index (χ3v) is 3.90. The number of carbonyl (C=O) groups excluding carboxylic acids is 1. The van der Waals surface area contributed by atoms with Crippen LogP contribution >= 0.6 is 15.9 Å². The fourth-order valence-electron chi connectivity index (χ4n) is 2.51. The van der Waals surface area contributed by atoms with Gasteiger partial charge in [-0.25, -0.2) is 0 Å². The number of aliphatic hydroxyl groups is 1. The summed E-state index contributed by atoms with van der Waals surface area (Å²) in [7, 11) is 0. The molecule has 0 fully saturated rings. The van der Waals surface area contributed by atoms with Crippen molar-refractivity contribution in [2.45, 2.75) is 12.0 Å². The molecule has 0 amide bonds. The molecule has 0 aromatic heterocycles. The molecule has 2 aromatic rings. The van der Waals surface area contributed by atoms with E-state index in [1.54, 1.807) is 6.07 Å². The first-order valence-corrected chi connectivity index (χ1v) is 6.54. The minimum atomic E-state index is -0.969. The van der Waals surface area contributed by atoms with Crippen molar-refractivity contribution in [3.8, 4) is 0 Å². The summed E-state index contributed by atoms with van der Waals surface area (Å²) in [5.74, 6) is -0.430. The Balaban J connectivity index is 2.13. The Labute approximate surface area is 113 Å². The Morgan fingerprint density at radius 3 is 2.39 bits per heavy atom. The second-order valence-corrected chi connectivity index (χ2v) is 5.34. The van der Waals surface area contributed by atoms with Gasteiger partial charge in [0.25, 0.3) is 0 Å². The third-order valence-electron chi connectivity index (χ3n) is 3.37. The number of hydrogen-bond donors (Lipinski definition) is 1. The molecular weight excluding hydrogens is 292 g/mol. The molecule has 1 N–H and O–H groups in total. The lowest BCUT2D eigenvalue weighted by atomic mass is 9.91. The Morgan fingerprint density at radius 1 is 1.00 bits per heavy atom. The van der Waals surface area contributed by atoms with Crippen LogP contribution in [0.2, 0.25) is 0 Å². The van der Waals surface area contributed by atoms with Gasteiger partial charge in [0.2, 0.25) is 0 Å². The number of fused-ring (bicyclic) bond motifs is 1. The normalized spacial score (nSPS) is 22.0. The largest absolute Gasteiger partial charge is 0.384 e. The van der Waals surface area contributed by atoms with Crippen molar-refractivity contribution >= 4 is 21.7 Å². The van der Waals surface area contributed by atoms with Crippen LogP contribution in [-0.2, 0) is 0 Å². The molecule has 2 atom stereocenters. The number of hydrogen-bond acceptors (Lipinski definition) is 2. The van der Waals surface area contributed by atoms with E-state index < -0.39 is 6.10 Å². The lowest BCUT2D eigenvalue weighted by molar-refractivity contribution is 0.0754. The van der Waals surface area contributed by atoms with Crippen LogP contribution in [0, 0.1) is 0 Å². The van der Waals surface area contributed by atoms with E-state index in [1.165, 1.54) is 0 Å². The van der Waals surface area contributed by atoms with Crippen molar-refractivity contribution in [3.05, 3.63) is 69.7 Å². The highest BCUT2D eigenvalue weighted by atomic mass is 79.9. The Morgan fingerprint density at radius 2 is 1.67 bits per heavy atom. The van der Waals surface area contributed by atoms with E-state index >= 15 is 0 Å². The third kappa shape index (κ3) is 1.71. The van der Waals surface area contributed by atoms with Crippen LogP contribution in [0.15, 0.2) is 53.0 Å². The average Bonchev–Trinajstić information content (AvgIpc) is 2.64. The summed E-state index contributed by atoms with van der Waals surface area (Å²) in [6.07, 6.45) is -0.969. The minimum Gasteiger partial charge on any atom is -0.384 e. The molecule has 3 rings (SSSR count). The van der Waals surface area contributed by atoms with Gasteiger partial charge in [0, 0.05) is 16.0 Å². The molecule has 1 aliphatic carbocycles. The number of benzene rings is 2. The lowest BCUT2D eigenvalue weighted by Crippen LogP contribution is -2.20.